The monoisotopic (exact) mass is 514 g/mol. The van der Waals surface area contributed by atoms with Gasteiger partial charge in [0.1, 0.15) is 0 Å². The third kappa shape index (κ3) is 5.99. The van der Waals surface area contributed by atoms with Gasteiger partial charge in [-0.3, -0.25) is 4.79 Å². The first-order valence-electron chi connectivity index (χ1n) is 13.7. The third-order valence-electron chi connectivity index (χ3n) is 6.99. The van der Waals surface area contributed by atoms with Crippen molar-refractivity contribution in [3.63, 3.8) is 0 Å². The van der Waals surface area contributed by atoms with E-state index in [1.807, 2.05) is 68.4 Å². The van der Waals surface area contributed by atoms with Crippen LogP contribution in [0.2, 0.25) is 0 Å². The predicted molar refractivity (Wildman–Crippen MR) is 161 cm³/mol. The van der Waals surface area contributed by atoms with E-state index in [0.29, 0.717) is 12.2 Å². The Morgan fingerprint density at radius 1 is 0.795 bits per heavy atom. The molecule has 0 atom stereocenters. The van der Waals surface area contributed by atoms with Crippen LogP contribution in [0.1, 0.15) is 41.9 Å². The fraction of sp³-hybridized carbons (Fsp3) is 0.206. The highest BCUT2D eigenvalue weighted by molar-refractivity contribution is 5.93. The van der Waals surface area contributed by atoms with Crippen molar-refractivity contribution in [2.75, 3.05) is 11.1 Å². The minimum atomic E-state index is -0.0884. The topological polar surface area (TPSA) is 80.9 Å². The normalized spacial score (nSPS) is 11.6. The lowest BCUT2D eigenvalue weighted by molar-refractivity contribution is -0.115. The Balaban J connectivity index is 0.00000151. The van der Waals surface area contributed by atoms with Gasteiger partial charge in [-0.15, -0.1) is 0 Å². The molecule has 0 fully saturated rings. The van der Waals surface area contributed by atoms with Gasteiger partial charge in [0.2, 0.25) is 5.91 Å². The fourth-order valence-electron chi connectivity index (χ4n) is 5.09. The van der Waals surface area contributed by atoms with Gasteiger partial charge in [-0.05, 0) is 65.3 Å². The molecule has 0 saturated carbocycles. The lowest BCUT2D eigenvalue weighted by Gasteiger charge is -2.21. The van der Waals surface area contributed by atoms with Crippen molar-refractivity contribution < 1.29 is 4.79 Å². The van der Waals surface area contributed by atoms with Crippen LogP contribution in [-0.4, -0.2) is 15.9 Å². The molecule has 1 aliphatic rings. The van der Waals surface area contributed by atoms with Gasteiger partial charge in [0.05, 0.1) is 23.5 Å². The molecule has 0 aliphatic heterocycles. The first kappa shape index (κ1) is 26.1. The van der Waals surface area contributed by atoms with Gasteiger partial charge in [0.15, 0.2) is 5.82 Å². The van der Waals surface area contributed by atoms with Crippen molar-refractivity contribution in [3.05, 3.63) is 119 Å². The number of carbonyl (C=O) groups excluding carboxylic acids is 1. The maximum absolute atomic E-state index is 13.2. The van der Waals surface area contributed by atoms with Crippen LogP contribution in [0, 0.1) is 0 Å². The summed E-state index contributed by atoms with van der Waals surface area (Å²) in [6, 6.07) is 30.6. The molecule has 3 N–H and O–H groups in total. The molecule has 0 bridgehead atoms. The molecule has 1 aliphatic carbocycles. The molecule has 5 heteroatoms. The summed E-state index contributed by atoms with van der Waals surface area (Å²) in [5.74, 6) is 0.480. The summed E-state index contributed by atoms with van der Waals surface area (Å²) in [6.45, 7) is 4.00. The average molecular weight is 515 g/mol. The van der Waals surface area contributed by atoms with Crippen LogP contribution in [0.5, 0.6) is 0 Å². The summed E-state index contributed by atoms with van der Waals surface area (Å²) in [7, 11) is 0. The van der Waals surface area contributed by atoms with Gasteiger partial charge >= 0.3 is 0 Å². The quantitative estimate of drug-likeness (QED) is 0.240. The minimum Gasteiger partial charge on any atom is -0.399 e. The number of nitrogens with one attached hydrogen (secondary N) is 1. The lowest BCUT2D eigenvalue weighted by Crippen LogP contribution is -2.20. The molecule has 1 heterocycles. The molecule has 1 amide bonds. The maximum Gasteiger partial charge on any atom is 0.229 e. The Morgan fingerprint density at radius 2 is 1.56 bits per heavy atom. The number of aryl methyl sites for hydroxylation is 4. The molecular weight excluding hydrogens is 480 g/mol. The van der Waals surface area contributed by atoms with Gasteiger partial charge in [0.25, 0.3) is 0 Å². The number of aromatic nitrogens is 2. The summed E-state index contributed by atoms with van der Waals surface area (Å²) < 4.78 is 0. The minimum absolute atomic E-state index is 0.0884. The molecule has 5 nitrogen and oxygen atoms in total. The number of fused-ring (bicyclic) bond motifs is 4. The number of amides is 1. The van der Waals surface area contributed by atoms with E-state index in [2.05, 4.69) is 41.7 Å². The fourth-order valence-corrected chi connectivity index (χ4v) is 5.09. The Bertz CT molecular complexity index is 1610. The van der Waals surface area contributed by atoms with E-state index in [9.17, 15) is 4.79 Å². The van der Waals surface area contributed by atoms with Crippen LogP contribution in [0.15, 0.2) is 91.0 Å². The molecule has 1 aromatic heterocycles. The van der Waals surface area contributed by atoms with Crippen molar-refractivity contribution in [3.8, 4) is 11.3 Å². The Kier molecular flexibility index (Phi) is 7.97. The average Bonchev–Trinajstić information content (AvgIpc) is 2.97. The van der Waals surface area contributed by atoms with Gasteiger partial charge < -0.3 is 11.1 Å². The van der Waals surface area contributed by atoms with Crippen LogP contribution in [0.25, 0.3) is 22.0 Å². The Hall–Kier alpha value is -4.51. The molecule has 0 unspecified atom stereocenters. The van der Waals surface area contributed by atoms with Gasteiger partial charge in [0, 0.05) is 11.3 Å². The molecule has 39 heavy (non-hydrogen) atoms. The number of hydrogen-bond donors (Lipinski definition) is 2. The molecule has 0 spiro atoms. The number of benzene rings is 4. The summed E-state index contributed by atoms with van der Waals surface area (Å²) in [6.07, 6.45) is 3.40. The molecule has 6 rings (SSSR count). The number of nitrogens with zero attached hydrogens (tertiary/aromatic N) is 2. The van der Waals surface area contributed by atoms with E-state index in [1.165, 1.54) is 11.1 Å². The maximum atomic E-state index is 13.2. The largest absolute Gasteiger partial charge is 0.399 e. The number of anilines is 2. The van der Waals surface area contributed by atoms with Crippen molar-refractivity contribution in [2.24, 2.45) is 0 Å². The highest BCUT2D eigenvalue weighted by Gasteiger charge is 2.22. The second-order valence-corrected chi connectivity index (χ2v) is 9.62. The van der Waals surface area contributed by atoms with Gasteiger partial charge in [-0.25, -0.2) is 9.97 Å². The second-order valence-electron chi connectivity index (χ2n) is 9.62. The van der Waals surface area contributed by atoms with Crippen LogP contribution < -0.4 is 11.1 Å². The van der Waals surface area contributed by atoms with Crippen LogP contribution in [-0.2, 0) is 36.9 Å². The number of hydrogen-bond acceptors (Lipinski definition) is 4. The summed E-state index contributed by atoms with van der Waals surface area (Å²) in [4.78, 5) is 23.2. The summed E-state index contributed by atoms with van der Waals surface area (Å²) in [5.41, 5.74) is 13.9. The van der Waals surface area contributed by atoms with Crippen LogP contribution in [0.3, 0.4) is 0 Å². The molecule has 4 aromatic carbocycles. The first-order chi connectivity index (χ1) is 19.1. The smallest absolute Gasteiger partial charge is 0.229 e. The van der Waals surface area contributed by atoms with Crippen LogP contribution >= 0.6 is 0 Å². The second kappa shape index (κ2) is 11.9. The van der Waals surface area contributed by atoms with Crippen molar-refractivity contribution in [1.82, 2.24) is 9.97 Å². The highest BCUT2D eigenvalue weighted by atomic mass is 16.1. The molecule has 0 saturated heterocycles. The van der Waals surface area contributed by atoms with Crippen molar-refractivity contribution >= 4 is 28.2 Å². The van der Waals surface area contributed by atoms with Gasteiger partial charge in [-0.2, -0.15) is 0 Å². The molecular formula is C34H34N4O. The molecule has 196 valence electrons. The summed E-state index contributed by atoms with van der Waals surface area (Å²) in [5, 5.41) is 5.39. The number of nitrogens with two attached hydrogens (primary N) is 1. The lowest BCUT2D eigenvalue weighted by atomic mass is 9.91. The highest BCUT2D eigenvalue weighted by Crippen LogP contribution is 2.34. The van der Waals surface area contributed by atoms with Crippen LogP contribution in [0.4, 0.5) is 11.5 Å². The molecule has 5 aromatic rings. The zero-order valence-electron chi connectivity index (χ0n) is 22.6. The molecule has 0 radical (unpaired) electrons. The Labute approximate surface area is 230 Å². The first-order valence-corrected chi connectivity index (χ1v) is 13.7. The standard InChI is InChI=1S/C32H28N4O.C2H6/c33-26-14-15-27-25(20-26)13-17-28-31(27)34-29(16-11-21-6-2-1-3-7-21)32(35-28)36-30(37)19-22-10-12-23-8-4-5-9-24(23)18-22;1-2/h1-10,12,14-15,18,20H,11,13,16-17,19,33H2,(H,35,36,37);1-2H3. The SMILES string of the molecule is CC.Nc1ccc2c(c1)CCc1nc(NC(=O)Cc3ccc4ccccc4c3)c(CCc3ccccc3)nc1-2. The summed E-state index contributed by atoms with van der Waals surface area (Å²) >= 11 is 0. The zero-order valence-corrected chi connectivity index (χ0v) is 22.6. The van der Waals surface area contributed by atoms with Gasteiger partial charge in [-0.1, -0.05) is 92.7 Å². The van der Waals surface area contributed by atoms with Crippen molar-refractivity contribution in [2.45, 2.75) is 46.0 Å². The number of carbonyl (C=O) groups is 1. The van der Waals surface area contributed by atoms with E-state index in [1.54, 1.807) is 0 Å². The zero-order chi connectivity index (χ0) is 27.2. The van der Waals surface area contributed by atoms with E-state index >= 15 is 0 Å². The van der Waals surface area contributed by atoms with E-state index in [0.717, 1.165) is 63.9 Å². The van der Waals surface area contributed by atoms with Crippen molar-refractivity contribution in [1.29, 1.82) is 0 Å². The Morgan fingerprint density at radius 3 is 2.38 bits per heavy atom. The van der Waals surface area contributed by atoms with E-state index < -0.39 is 0 Å². The predicted octanol–water partition coefficient (Wildman–Crippen LogP) is 6.97. The third-order valence-corrected chi connectivity index (χ3v) is 6.99. The number of nitrogen functional groups attached to an aromatic ring is 1. The van der Waals surface area contributed by atoms with E-state index in [4.69, 9.17) is 15.7 Å². The van der Waals surface area contributed by atoms with E-state index in [-0.39, 0.29) is 12.3 Å². The number of rotatable bonds is 6.